The molecule has 1 aromatic rings. The van der Waals surface area contributed by atoms with Crippen molar-refractivity contribution in [2.24, 2.45) is 13.0 Å². The molecule has 0 saturated carbocycles. The molecule has 5 nitrogen and oxygen atoms in total. The van der Waals surface area contributed by atoms with Crippen LogP contribution in [0.25, 0.3) is 0 Å². The fraction of sp³-hybridized carbons (Fsp3) is 0.625. The minimum absolute atomic E-state index is 0.196. The van der Waals surface area contributed by atoms with Gasteiger partial charge in [-0.3, -0.25) is 9.69 Å². The first-order valence-corrected chi connectivity index (χ1v) is 7.77. The van der Waals surface area contributed by atoms with Gasteiger partial charge in [-0.2, -0.15) is 0 Å². The lowest BCUT2D eigenvalue weighted by atomic mass is 10.0. The van der Waals surface area contributed by atoms with E-state index in [4.69, 9.17) is 0 Å². The predicted molar refractivity (Wildman–Crippen MR) is 81.6 cm³/mol. The lowest BCUT2D eigenvalue weighted by Gasteiger charge is -2.39. The molecule has 1 fully saturated rings. The van der Waals surface area contributed by atoms with Crippen molar-refractivity contribution in [3.63, 3.8) is 0 Å². The maximum Gasteiger partial charge on any atom is 0.223 e. The van der Waals surface area contributed by atoms with Gasteiger partial charge in [0.15, 0.2) is 0 Å². The summed E-state index contributed by atoms with van der Waals surface area (Å²) in [6.07, 6.45) is 11.1. The zero-order valence-corrected chi connectivity index (χ0v) is 12.9. The Bertz CT molecular complexity index is 536. The smallest absolute Gasteiger partial charge is 0.223 e. The molecule has 114 valence electrons. The molecule has 0 radical (unpaired) electrons. The van der Waals surface area contributed by atoms with E-state index in [1.165, 1.54) is 0 Å². The van der Waals surface area contributed by atoms with Crippen LogP contribution in [0.2, 0.25) is 0 Å². The quantitative estimate of drug-likeness (QED) is 0.793. The normalized spacial score (nSPS) is 26.5. The number of rotatable bonds is 3. The highest BCUT2D eigenvalue weighted by molar-refractivity contribution is 5.77. The molecule has 0 unspecified atom stereocenters. The highest BCUT2D eigenvalue weighted by Gasteiger charge is 2.31. The van der Waals surface area contributed by atoms with Gasteiger partial charge in [-0.25, -0.2) is 4.98 Å². The van der Waals surface area contributed by atoms with E-state index in [9.17, 15) is 4.79 Å². The van der Waals surface area contributed by atoms with Gasteiger partial charge >= 0.3 is 0 Å². The number of aromatic nitrogens is 2. The van der Waals surface area contributed by atoms with Crippen molar-refractivity contribution in [1.29, 1.82) is 0 Å². The number of carbonyl (C=O) groups excluding carboxylic acids is 1. The second kappa shape index (κ2) is 6.02. The van der Waals surface area contributed by atoms with Gasteiger partial charge in [0, 0.05) is 45.5 Å². The Balaban J connectivity index is 1.66. The third-order valence-electron chi connectivity index (χ3n) is 4.71. The minimum Gasteiger partial charge on any atom is -0.339 e. The Morgan fingerprint density at radius 1 is 1.38 bits per heavy atom. The van der Waals surface area contributed by atoms with Crippen molar-refractivity contribution in [3.8, 4) is 0 Å². The van der Waals surface area contributed by atoms with Gasteiger partial charge in [0.2, 0.25) is 5.91 Å². The van der Waals surface area contributed by atoms with E-state index in [-0.39, 0.29) is 6.04 Å². The molecule has 5 heteroatoms. The van der Waals surface area contributed by atoms with Gasteiger partial charge in [-0.15, -0.1) is 0 Å². The summed E-state index contributed by atoms with van der Waals surface area (Å²) in [5.41, 5.74) is 0. The fourth-order valence-electron chi connectivity index (χ4n) is 3.30. The average molecular weight is 288 g/mol. The third-order valence-corrected chi connectivity index (χ3v) is 4.71. The number of allylic oxidation sites excluding steroid dienone is 2. The predicted octanol–water partition coefficient (Wildman–Crippen LogP) is 1.59. The highest BCUT2D eigenvalue weighted by Crippen LogP contribution is 2.25. The maximum absolute atomic E-state index is 12.5. The second-order valence-corrected chi connectivity index (χ2v) is 6.20. The Morgan fingerprint density at radius 2 is 2.24 bits per heavy atom. The van der Waals surface area contributed by atoms with Gasteiger partial charge < -0.3 is 9.47 Å². The molecule has 1 amide bonds. The van der Waals surface area contributed by atoms with E-state index in [1.54, 1.807) is 0 Å². The zero-order chi connectivity index (χ0) is 14.8. The summed E-state index contributed by atoms with van der Waals surface area (Å²) in [6, 6.07) is 0.196. The van der Waals surface area contributed by atoms with E-state index < -0.39 is 0 Å². The third kappa shape index (κ3) is 3.02. The zero-order valence-electron chi connectivity index (χ0n) is 12.9. The number of amides is 1. The molecule has 1 aliphatic carbocycles. The molecule has 1 saturated heterocycles. The van der Waals surface area contributed by atoms with Crippen LogP contribution < -0.4 is 0 Å². The number of imidazole rings is 1. The number of carbonyl (C=O) groups is 1. The van der Waals surface area contributed by atoms with Crippen molar-refractivity contribution in [2.75, 3.05) is 26.7 Å². The number of hydrogen-bond acceptors (Lipinski definition) is 3. The van der Waals surface area contributed by atoms with Crippen molar-refractivity contribution >= 4 is 5.91 Å². The molecule has 2 heterocycles. The molecule has 3 rings (SSSR count). The van der Waals surface area contributed by atoms with Crippen LogP contribution >= 0.6 is 0 Å². The number of likely N-dealkylation sites (N-methyl/N-ethyl adjacent to an activating group) is 1. The van der Waals surface area contributed by atoms with Gasteiger partial charge in [0.05, 0.1) is 6.04 Å². The van der Waals surface area contributed by atoms with Crippen LogP contribution in [0, 0.1) is 5.92 Å². The molecule has 0 bridgehead atoms. The molecule has 1 aliphatic heterocycles. The maximum atomic E-state index is 12.5. The van der Waals surface area contributed by atoms with Crippen molar-refractivity contribution in [2.45, 2.75) is 25.3 Å². The topological polar surface area (TPSA) is 41.4 Å². The molecular formula is C16H24N4O. The Hall–Kier alpha value is -1.62. The molecule has 0 aromatic carbocycles. The van der Waals surface area contributed by atoms with E-state index in [1.807, 2.05) is 24.3 Å². The van der Waals surface area contributed by atoms with Crippen LogP contribution in [-0.2, 0) is 11.8 Å². The first-order chi connectivity index (χ1) is 10.1. The molecule has 21 heavy (non-hydrogen) atoms. The molecule has 0 spiro atoms. The molecule has 2 aliphatic rings. The standard InChI is InChI=1S/C16H24N4O/c1-18-9-10-20(15(21)11-13-5-3-4-6-13)12-14(18)16-17-7-8-19(16)2/h3,5,7-8,13-14H,4,6,9-12H2,1-2H3/t13-,14+/m0/s1. The van der Waals surface area contributed by atoms with Crippen molar-refractivity contribution in [3.05, 3.63) is 30.4 Å². The van der Waals surface area contributed by atoms with Crippen LogP contribution in [-0.4, -0.2) is 51.9 Å². The summed E-state index contributed by atoms with van der Waals surface area (Å²) < 4.78 is 2.05. The van der Waals surface area contributed by atoms with Crippen LogP contribution in [0.5, 0.6) is 0 Å². The minimum atomic E-state index is 0.196. The SMILES string of the molecule is CN1CCN(C(=O)C[C@H]2C=CCC2)C[C@@H]1c1nccn1C. The van der Waals surface area contributed by atoms with Crippen molar-refractivity contribution in [1.82, 2.24) is 19.4 Å². The molecular weight excluding hydrogens is 264 g/mol. The van der Waals surface area contributed by atoms with Gasteiger partial charge in [-0.05, 0) is 25.8 Å². The summed E-state index contributed by atoms with van der Waals surface area (Å²) in [5.74, 6) is 1.78. The van der Waals surface area contributed by atoms with Crippen LogP contribution in [0.1, 0.15) is 31.1 Å². The van der Waals surface area contributed by atoms with Gasteiger partial charge in [0.1, 0.15) is 5.82 Å². The molecule has 1 aromatic heterocycles. The van der Waals surface area contributed by atoms with Crippen LogP contribution in [0.3, 0.4) is 0 Å². The Kier molecular flexibility index (Phi) is 4.10. The van der Waals surface area contributed by atoms with Gasteiger partial charge in [-0.1, -0.05) is 12.2 Å². The monoisotopic (exact) mass is 288 g/mol. The number of nitrogens with zero attached hydrogens (tertiary/aromatic N) is 4. The lowest BCUT2D eigenvalue weighted by Crippen LogP contribution is -2.49. The summed E-state index contributed by atoms with van der Waals surface area (Å²) in [4.78, 5) is 21.3. The van der Waals surface area contributed by atoms with Crippen molar-refractivity contribution < 1.29 is 4.79 Å². The molecule has 0 N–H and O–H groups in total. The van der Waals surface area contributed by atoms with E-state index in [0.717, 1.165) is 38.3 Å². The van der Waals surface area contributed by atoms with E-state index in [0.29, 0.717) is 18.2 Å². The Morgan fingerprint density at radius 3 is 2.90 bits per heavy atom. The van der Waals surface area contributed by atoms with E-state index >= 15 is 0 Å². The Labute approximate surface area is 126 Å². The van der Waals surface area contributed by atoms with Crippen LogP contribution in [0.15, 0.2) is 24.5 Å². The summed E-state index contributed by atoms with van der Waals surface area (Å²) >= 11 is 0. The second-order valence-electron chi connectivity index (χ2n) is 6.20. The summed E-state index contributed by atoms with van der Waals surface area (Å²) in [5, 5.41) is 0. The van der Waals surface area contributed by atoms with E-state index in [2.05, 4.69) is 33.7 Å². The number of piperazine rings is 1. The summed E-state index contributed by atoms with van der Waals surface area (Å²) in [6.45, 7) is 2.48. The number of aryl methyl sites for hydroxylation is 1. The lowest BCUT2D eigenvalue weighted by molar-refractivity contribution is -0.134. The first-order valence-electron chi connectivity index (χ1n) is 7.77. The fourth-order valence-corrected chi connectivity index (χ4v) is 3.30. The summed E-state index contributed by atoms with van der Waals surface area (Å²) in [7, 11) is 4.13. The molecule has 2 atom stereocenters. The van der Waals surface area contributed by atoms with Gasteiger partial charge in [0.25, 0.3) is 0 Å². The number of hydrogen-bond donors (Lipinski definition) is 0. The van der Waals surface area contributed by atoms with Crippen LogP contribution in [0.4, 0.5) is 0 Å². The average Bonchev–Trinajstić information content (AvgIpc) is 3.11. The largest absolute Gasteiger partial charge is 0.339 e. The highest BCUT2D eigenvalue weighted by atomic mass is 16.2. The first kappa shape index (κ1) is 14.3.